The molecule has 1 aromatic heterocycles. The van der Waals surface area contributed by atoms with E-state index in [2.05, 4.69) is 20.1 Å². The van der Waals surface area contributed by atoms with Crippen molar-refractivity contribution in [2.24, 2.45) is 0 Å². The van der Waals surface area contributed by atoms with Gasteiger partial charge in [0.1, 0.15) is 12.0 Å². The molecule has 0 unspecified atom stereocenters. The second-order valence-electron chi connectivity index (χ2n) is 5.85. The van der Waals surface area contributed by atoms with E-state index in [0.29, 0.717) is 23.1 Å². The summed E-state index contributed by atoms with van der Waals surface area (Å²) in [6.07, 6.45) is -3.89. The molecule has 0 fully saturated rings. The van der Waals surface area contributed by atoms with Gasteiger partial charge in [-0.3, -0.25) is 14.9 Å². The topological polar surface area (TPSA) is 86.1 Å². The van der Waals surface area contributed by atoms with Crippen molar-refractivity contribution in [1.29, 1.82) is 0 Å². The van der Waals surface area contributed by atoms with E-state index in [-0.39, 0.29) is 29.9 Å². The van der Waals surface area contributed by atoms with Crippen molar-refractivity contribution in [2.75, 3.05) is 5.32 Å². The Bertz CT molecular complexity index is 1010. The van der Waals surface area contributed by atoms with Gasteiger partial charge in [-0.15, -0.1) is 18.3 Å². The summed E-state index contributed by atoms with van der Waals surface area (Å²) in [4.78, 5) is 26.9. The molecule has 29 heavy (non-hydrogen) atoms. The molecule has 0 aliphatic rings. The number of aromatic nitrogens is 3. The van der Waals surface area contributed by atoms with Crippen LogP contribution in [-0.2, 0) is 4.79 Å². The number of amides is 1. The first-order valence-electron chi connectivity index (χ1n) is 8.48. The molecule has 3 rings (SSSR count). The molecule has 0 saturated carbocycles. The third-order valence-corrected chi connectivity index (χ3v) is 3.80. The highest BCUT2D eigenvalue weighted by molar-refractivity contribution is 5.89. The predicted octanol–water partition coefficient (Wildman–Crippen LogP) is 3.99. The first-order valence-corrected chi connectivity index (χ1v) is 8.48. The lowest BCUT2D eigenvalue weighted by Gasteiger charge is -2.10. The molecule has 1 heterocycles. The van der Waals surface area contributed by atoms with Crippen LogP contribution >= 0.6 is 0 Å². The summed E-state index contributed by atoms with van der Waals surface area (Å²) in [5.74, 6) is -0.316. The van der Waals surface area contributed by atoms with Crippen molar-refractivity contribution in [3.05, 3.63) is 54.1 Å². The Morgan fingerprint density at radius 2 is 1.79 bits per heavy atom. The normalized spacial score (nSPS) is 11.2. The van der Waals surface area contributed by atoms with Gasteiger partial charge < -0.3 is 4.74 Å². The van der Waals surface area contributed by atoms with E-state index >= 15 is 0 Å². The molecule has 150 valence electrons. The minimum absolute atomic E-state index is 0.107. The molecule has 0 atom stereocenters. The van der Waals surface area contributed by atoms with Crippen LogP contribution in [-0.4, -0.2) is 33.3 Å². The lowest BCUT2D eigenvalue weighted by molar-refractivity contribution is -0.274. The predicted molar refractivity (Wildman–Crippen MR) is 97.8 cm³/mol. The van der Waals surface area contributed by atoms with Gasteiger partial charge in [-0.2, -0.15) is 9.67 Å². The van der Waals surface area contributed by atoms with Gasteiger partial charge in [0, 0.05) is 17.5 Å². The van der Waals surface area contributed by atoms with Crippen LogP contribution in [0.4, 0.5) is 19.1 Å². The summed E-state index contributed by atoms with van der Waals surface area (Å²) >= 11 is 0. The number of hydrogen-bond donors (Lipinski definition) is 1. The van der Waals surface area contributed by atoms with E-state index in [1.165, 1.54) is 16.8 Å². The smallest absolute Gasteiger partial charge is 0.406 e. The van der Waals surface area contributed by atoms with E-state index in [0.717, 1.165) is 12.1 Å². The maximum absolute atomic E-state index is 12.3. The standard InChI is InChI=1S/C19H15F3N4O3/c1-2-16(28)23-18-24-17(13-5-3-12(11-27)4-6-13)25-26(18)14-7-9-15(10-8-14)29-19(20,21)22/h3-11H,2H2,1H3,(H,23,24,25,28). The summed E-state index contributed by atoms with van der Waals surface area (Å²) in [5.41, 5.74) is 1.44. The third-order valence-electron chi connectivity index (χ3n) is 3.80. The Kier molecular flexibility index (Phi) is 5.62. The van der Waals surface area contributed by atoms with Gasteiger partial charge in [-0.25, -0.2) is 0 Å². The van der Waals surface area contributed by atoms with Crippen LogP contribution in [0, 0.1) is 0 Å². The third kappa shape index (κ3) is 4.98. The number of hydrogen-bond acceptors (Lipinski definition) is 5. The monoisotopic (exact) mass is 404 g/mol. The quantitative estimate of drug-likeness (QED) is 0.628. The van der Waals surface area contributed by atoms with Crippen molar-refractivity contribution in [3.63, 3.8) is 0 Å². The molecule has 7 nitrogen and oxygen atoms in total. The first-order chi connectivity index (χ1) is 13.8. The van der Waals surface area contributed by atoms with E-state index in [9.17, 15) is 22.8 Å². The fraction of sp³-hybridized carbons (Fsp3) is 0.158. The number of anilines is 1. The largest absolute Gasteiger partial charge is 0.573 e. The number of nitrogens with one attached hydrogen (secondary N) is 1. The number of benzene rings is 2. The Labute approximate surface area is 163 Å². The molecule has 0 radical (unpaired) electrons. The van der Waals surface area contributed by atoms with E-state index in [4.69, 9.17) is 0 Å². The summed E-state index contributed by atoms with van der Waals surface area (Å²) in [6, 6.07) is 11.5. The lowest BCUT2D eigenvalue weighted by atomic mass is 10.1. The number of ether oxygens (including phenoxy) is 1. The number of aldehydes is 1. The highest BCUT2D eigenvalue weighted by Gasteiger charge is 2.31. The molecular weight excluding hydrogens is 389 g/mol. The average Bonchev–Trinajstić information content (AvgIpc) is 3.11. The van der Waals surface area contributed by atoms with Crippen LogP contribution in [0.15, 0.2) is 48.5 Å². The molecule has 2 aromatic carbocycles. The second-order valence-corrected chi connectivity index (χ2v) is 5.85. The minimum Gasteiger partial charge on any atom is -0.406 e. The zero-order valence-electron chi connectivity index (χ0n) is 15.1. The van der Waals surface area contributed by atoms with Crippen molar-refractivity contribution < 1.29 is 27.5 Å². The van der Waals surface area contributed by atoms with Crippen LogP contribution in [0.25, 0.3) is 17.1 Å². The fourth-order valence-electron chi connectivity index (χ4n) is 2.41. The maximum Gasteiger partial charge on any atom is 0.573 e. The van der Waals surface area contributed by atoms with Gasteiger partial charge in [-0.1, -0.05) is 31.2 Å². The number of alkyl halides is 3. The molecule has 0 spiro atoms. The van der Waals surface area contributed by atoms with Crippen LogP contribution < -0.4 is 10.1 Å². The number of nitrogens with zero attached hydrogens (tertiary/aromatic N) is 3. The average molecular weight is 404 g/mol. The molecule has 1 N–H and O–H groups in total. The molecule has 3 aromatic rings. The number of carbonyl (C=O) groups is 2. The van der Waals surface area contributed by atoms with Gasteiger partial charge in [0.2, 0.25) is 11.9 Å². The number of rotatable bonds is 6. The van der Waals surface area contributed by atoms with Gasteiger partial charge in [0.05, 0.1) is 5.69 Å². The fourth-order valence-corrected chi connectivity index (χ4v) is 2.41. The summed E-state index contributed by atoms with van der Waals surface area (Å²) < 4.78 is 42.2. The van der Waals surface area contributed by atoms with Crippen molar-refractivity contribution in [1.82, 2.24) is 14.8 Å². The zero-order valence-corrected chi connectivity index (χ0v) is 15.1. The molecule has 10 heteroatoms. The number of carbonyl (C=O) groups excluding carboxylic acids is 2. The Hall–Kier alpha value is -3.69. The van der Waals surface area contributed by atoms with Gasteiger partial charge in [-0.05, 0) is 24.3 Å². The van der Waals surface area contributed by atoms with E-state index in [1.807, 2.05) is 0 Å². The highest BCUT2D eigenvalue weighted by atomic mass is 19.4. The molecule has 0 bridgehead atoms. The van der Waals surface area contributed by atoms with Crippen LogP contribution in [0.2, 0.25) is 0 Å². The van der Waals surface area contributed by atoms with Gasteiger partial charge in [0.25, 0.3) is 0 Å². The summed E-state index contributed by atoms with van der Waals surface area (Å²) in [7, 11) is 0. The Morgan fingerprint density at radius 3 is 2.34 bits per heavy atom. The molecule has 0 aliphatic carbocycles. The molecule has 0 saturated heterocycles. The first kappa shape index (κ1) is 20.1. The highest BCUT2D eigenvalue weighted by Crippen LogP contribution is 2.26. The van der Waals surface area contributed by atoms with E-state index in [1.54, 1.807) is 31.2 Å². The van der Waals surface area contributed by atoms with E-state index < -0.39 is 6.36 Å². The van der Waals surface area contributed by atoms with Crippen LogP contribution in [0.1, 0.15) is 23.7 Å². The van der Waals surface area contributed by atoms with Gasteiger partial charge in [0.15, 0.2) is 5.82 Å². The molecular formula is C19H15F3N4O3. The zero-order chi connectivity index (χ0) is 21.0. The SMILES string of the molecule is CCC(=O)Nc1nc(-c2ccc(C=O)cc2)nn1-c1ccc(OC(F)(F)F)cc1. The maximum atomic E-state index is 12.3. The molecule has 0 aliphatic heterocycles. The van der Waals surface area contributed by atoms with Crippen molar-refractivity contribution in [2.45, 2.75) is 19.7 Å². The summed E-state index contributed by atoms with van der Waals surface area (Å²) in [5, 5.41) is 6.94. The second kappa shape index (κ2) is 8.13. The van der Waals surface area contributed by atoms with Gasteiger partial charge >= 0.3 is 6.36 Å². The number of halogens is 3. The summed E-state index contributed by atoms with van der Waals surface area (Å²) in [6.45, 7) is 1.67. The van der Waals surface area contributed by atoms with Crippen LogP contribution in [0.3, 0.4) is 0 Å². The van der Waals surface area contributed by atoms with Crippen molar-refractivity contribution in [3.8, 4) is 22.8 Å². The van der Waals surface area contributed by atoms with Crippen molar-refractivity contribution >= 4 is 18.1 Å². The lowest BCUT2D eigenvalue weighted by Crippen LogP contribution is -2.17. The van der Waals surface area contributed by atoms with Crippen LogP contribution in [0.5, 0.6) is 5.75 Å². The molecule has 1 amide bonds. The Balaban J connectivity index is 1.98. The minimum atomic E-state index is -4.80. The Morgan fingerprint density at radius 1 is 1.14 bits per heavy atom.